The van der Waals surface area contributed by atoms with Gasteiger partial charge < -0.3 is 4.98 Å². The Morgan fingerprint density at radius 2 is 1.88 bits per heavy atom. The molecule has 0 spiro atoms. The lowest BCUT2D eigenvalue weighted by atomic mass is 10.1. The number of aromatic nitrogens is 3. The molecule has 4 heteroatoms. The summed E-state index contributed by atoms with van der Waals surface area (Å²) in [6.07, 6.45) is 6.96. The quantitative estimate of drug-likeness (QED) is 0.755. The van der Waals surface area contributed by atoms with Crippen LogP contribution in [0.3, 0.4) is 0 Å². The number of aryl methyl sites for hydroxylation is 3. The van der Waals surface area contributed by atoms with Crippen molar-refractivity contribution in [3.05, 3.63) is 82.3 Å². The first kappa shape index (κ1) is 16.1. The predicted octanol–water partition coefficient (Wildman–Crippen LogP) is 3.57. The van der Waals surface area contributed by atoms with Crippen LogP contribution in [0, 0.1) is 0 Å². The Hall–Kier alpha value is -2.75. The van der Waals surface area contributed by atoms with Crippen molar-refractivity contribution in [1.82, 2.24) is 15.0 Å². The number of H-pyrrole nitrogens is 1. The van der Waals surface area contributed by atoms with Gasteiger partial charge in [0.05, 0.1) is 5.56 Å². The van der Waals surface area contributed by atoms with Crippen molar-refractivity contribution in [1.29, 1.82) is 0 Å². The Kier molecular flexibility index (Phi) is 5.16. The van der Waals surface area contributed by atoms with Crippen LogP contribution in [0.15, 0.2) is 59.7 Å². The van der Waals surface area contributed by atoms with Crippen LogP contribution in [-0.2, 0) is 19.3 Å². The van der Waals surface area contributed by atoms with E-state index in [1.165, 1.54) is 5.56 Å². The third-order valence-corrected chi connectivity index (χ3v) is 4.06. The standard InChI is InChI=1S/C20H21N3O/c1-2-17-13-16(11-12-21-17)18-14-22-19(23-20(18)24)10-6-9-15-7-4-3-5-8-15/h3-5,7-8,11-14H,2,6,9-10H2,1H3,(H,22,23,24). The average Bonchev–Trinajstić information content (AvgIpc) is 2.63. The van der Waals surface area contributed by atoms with Gasteiger partial charge in [0.1, 0.15) is 5.82 Å². The molecule has 0 bridgehead atoms. The van der Waals surface area contributed by atoms with Crippen LogP contribution >= 0.6 is 0 Å². The van der Waals surface area contributed by atoms with Gasteiger partial charge in [-0.2, -0.15) is 0 Å². The summed E-state index contributed by atoms with van der Waals surface area (Å²) in [6, 6.07) is 14.1. The van der Waals surface area contributed by atoms with Gasteiger partial charge in [0.15, 0.2) is 0 Å². The molecular weight excluding hydrogens is 298 g/mol. The Balaban J connectivity index is 1.69. The van der Waals surface area contributed by atoms with Crippen LogP contribution in [-0.4, -0.2) is 15.0 Å². The molecule has 0 unspecified atom stereocenters. The fourth-order valence-corrected chi connectivity index (χ4v) is 2.71. The molecule has 2 aromatic heterocycles. The number of benzene rings is 1. The summed E-state index contributed by atoms with van der Waals surface area (Å²) >= 11 is 0. The first-order chi connectivity index (χ1) is 11.8. The molecule has 0 saturated carbocycles. The lowest BCUT2D eigenvalue weighted by Crippen LogP contribution is -2.13. The highest BCUT2D eigenvalue weighted by atomic mass is 16.1. The molecule has 0 aliphatic rings. The first-order valence-corrected chi connectivity index (χ1v) is 8.33. The molecule has 3 aromatic rings. The van der Waals surface area contributed by atoms with Gasteiger partial charge in [0.25, 0.3) is 5.56 Å². The number of nitrogens with one attached hydrogen (secondary N) is 1. The van der Waals surface area contributed by atoms with Crippen molar-refractivity contribution in [2.45, 2.75) is 32.6 Å². The van der Waals surface area contributed by atoms with Crippen molar-refractivity contribution in [2.24, 2.45) is 0 Å². The largest absolute Gasteiger partial charge is 0.310 e. The highest BCUT2D eigenvalue weighted by Crippen LogP contribution is 2.15. The second-order valence-corrected chi connectivity index (χ2v) is 5.80. The number of hydrogen-bond donors (Lipinski definition) is 1. The lowest BCUT2D eigenvalue weighted by molar-refractivity contribution is 0.766. The van der Waals surface area contributed by atoms with E-state index in [0.29, 0.717) is 5.56 Å². The van der Waals surface area contributed by atoms with E-state index in [2.05, 4.69) is 27.1 Å². The minimum Gasteiger partial charge on any atom is -0.310 e. The number of hydrogen-bond acceptors (Lipinski definition) is 3. The van der Waals surface area contributed by atoms with E-state index in [0.717, 1.165) is 42.8 Å². The summed E-state index contributed by atoms with van der Waals surface area (Å²) in [4.78, 5) is 24.0. The van der Waals surface area contributed by atoms with E-state index in [-0.39, 0.29) is 5.56 Å². The van der Waals surface area contributed by atoms with E-state index in [1.807, 2.05) is 37.3 Å². The normalized spacial score (nSPS) is 10.7. The van der Waals surface area contributed by atoms with Gasteiger partial charge in [0, 0.05) is 24.5 Å². The van der Waals surface area contributed by atoms with Crippen LogP contribution in [0.2, 0.25) is 0 Å². The fourth-order valence-electron chi connectivity index (χ4n) is 2.71. The molecule has 0 fully saturated rings. The molecule has 1 aromatic carbocycles. The zero-order valence-corrected chi connectivity index (χ0v) is 13.8. The Morgan fingerprint density at radius 3 is 2.62 bits per heavy atom. The topological polar surface area (TPSA) is 58.6 Å². The second kappa shape index (κ2) is 7.68. The van der Waals surface area contributed by atoms with Crippen molar-refractivity contribution >= 4 is 0 Å². The van der Waals surface area contributed by atoms with Gasteiger partial charge >= 0.3 is 0 Å². The van der Waals surface area contributed by atoms with Crippen molar-refractivity contribution < 1.29 is 0 Å². The SMILES string of the molecule is CCc1cc(-c2cnc(CCCc3ccccc3)[nH]c2=O)ccn1. The molecule has 0 aliphatic carbocycles. The molecule has 0 saturated heterocycles. The summed E-state index contributed by atoms with van der Waals surface area (Å²) in [6.45, 7) is 2.05. The zero-order valence-electron chi connectivity index (χ0n) is 13.8. The third kappa shape index (κ3) is 3.96. The number of nitrogens with zero attached hydrogens (tertiary/aromatic N) is 2. The van der Waals surface area contributed by atoms with E-state index >= 15 is 0 Å². The molecule has 1 N–H and O–H groups in total. The van der Waals surface area contributed by atoms with Gasteiger partial charge in [0.2, 0.25) is 0 Å². The molecule has 0 aliphatic heterocycles. The molecule has 4 nitrogen and oxygen atoms in total. The van der Waals surface area contributed by atoms with Crippen molar-refractivity contribution in [3.8, 4) is 11.1 Å². The van der Waals surface area contributed by atoms with Crippen molar-refractivity contribution in [2.75, 3.05) is 0 Å². The first-order valence-electron chi connectivity index (χ1n) is 8.33. The van der Waals surface area contributed by atoms with E-state index in [9.17, 15) is 4.79 Å². The maximum Gasteiger partial charge on any atom is 0.258 e. The van der Waals surface area contributed by atoms with Gasteiger partial charge in [-0.3, -0.25) is 9.78 Å². The fraction of sp³-hybridized carbons (Fsp3) is 0.250. The third-order valence-electron chi connectivity index (χ3n) is 4.06. The summed E-state index contributed by atoms with van der Waals surface area (Å²) < 4.78 is 0. The molecule has 24 heavy (non-hydrogen) atoms. The molecule has 3 rings (SSSR count). The molecular formula is C20H21N3O. The minimum absolute atomic E-state index is 0.0898. The molecule has 0 radical (unpaired) electrons. The number of aromatic amines is 1. The van der Waals surface area contributed by atoms with Crippen LogP contribution < -0.4 is 5.56 Å². The molecule has 0 atom stereocenters. The second-order valence-electron chi connectivity index (χ2n) is 5.80. The van der Waals surface area contributed by atoms with E-state index in [4.69, 9.17) is 0 Å². The monoisotopic (exact) mass is 319 g/mol. The maximum absolute atomic E-state index is 12.4. The van der Waals surface area contributed by atoms with Gasteiger partial charge in [-0.15, -0.1) is 0 Å². The number of pyridine rings is 1. The molecule has 2 heterocycles. The van der Waals surface area contributed by atoms with Gasteiger partial charge in [-0.25, -0.2) is 4.98 Å². The average molecular weight is 319 g/mol. The van der Waals surface area contributed by atoms with Crippen LogP contribution in [0.4, 0.5) is 0 Å². The highest BCUT2D eigenvalue weighted by Gasteiger charge is 2.06. The summed E-state index contributed by atoms with van der Waals surface area (Å²) in [5.74, 6) is 0.740. The van der Waals surface area contributed by atoms with Crippen LogP contribution in [0.25, 0.3) is 11.1 Å². The number of rotatable bonds is 6. The maximum atomic E-state index is 12.4. The Morgan fingerprint density at radius 1 is 1.04 bits per heavy atom. The van der Waals surface area contributed by atoms with E-state index < -0.39 is 0 Å². The minimum atomic E-state index is -0.0898. The summed E-state index contributed by atoms with van der Waals surface area (Å²) in [7, 11) is 0. The predicted molar refractivity (Wildman–Crippen MR) is 95.9 cm³/mol. The van der Waals surface area contributed by atoms with E-state index in [1.54, 1.807) is 12.4 Å². The summed E-state index contributed by atoms with van der Waals surface area (Å²) in [5.41, 5.74) is 3.65. The van der Waals surface area contributed by atoms with Gasteiger partial charge in [-0.1, -0.05) is 37.3 Å². The van der Waals surface area contributed by atoms with Crippen LogP contribution in [0.5, 0.6) is 0 Å². The lowest BCUT2D eigenvalue weighted by Gasteiger charge is -2.05. The Bertz CT molecular complexity index is 856. The molecule has 0 amide bonds. The van der Waals surface area contributed by atoms with Crippen LogP contribution in [0.1, 0.15) is 30.4 Å². The van der Waals surface area contributed by atoms with Gasteiger partial charge in [-0.05, 0) is 42.5 Å². The van der Waals surface area contributed by atoms with Crippen molar-refractivity contribution in [3.63, 3.8) is 0 Å². The Labute approximate surface area is 141 Å². The smallest absolute Gasteiger partial charge is 0.258 e. The summed E-state index contributed by atoms with van der Waals surface area (Å²) in [5, 5.41) is 0. The zero-order chi connectivity index (χ0) is 16.8. The highest BCUT2D eigenvalue weighted by molar-refractivity contribution is 5.61. The molecule has 122 valence electrons.